The Labute approximate surface area is 179 Å². The Kier molecular flexibility index (Phi) is 6.73. The maximum atomic E-state index is 14.4. The number of hydrogen-bond donors (Lipinski definition) is 1. The van der Waals surface area contributed by atoms with E-state index in [-0.39, 0.29) is 16.9 Å². The van der Waals surface area contributed by atoms with E-state index >= 15 is 0 Å². The van der Waals surface area contributed by atoms with Crippen LogP contribution in [0, 0.1) is 30.4 Å². The van der Waals surface area contributed by atoms with Crippen molar-refractivity contribution in [2.24, 2.45) is 0 Å². The van der Waals surface area contributed by atoms with Crippen molar-refractivity contribution < 1.29 is 8.78 Å². The van der Waals surface area contributed by atoms with Crippen molar-refractivity contribution in [1.82, 2.24) is 19.9 Å². The second-order valence-corrected chi connectivity index (χ2v) is 6.98. The highest BCUT2D eigenvalue weighted by atomic mass is 19.1. The van der Waals surface area contributed by atoms with Crippen LogP contribution in [0.25, 0.3) is 16.6 Å². The second-order valence-electron chi connectivity index (χ2n) is 6.98. The molecule has 2 heterocycles. The van der Waals surface area contributed by atoms with Crippen molar-refractivity contribution in [3.8, 4) is 11.8 Å². The first-order valence-electron chi connectivity index (χ1n) is 9.70. The lowest BCUT2D eigenvalue weighted by atomic mass is 10.1. The molecule has 2 aromatic heterocycles. The fraction of sp³-hybridized carbons (Fsp3) is 0.208. The van der Waals surface area contributed by atoms with Crippen molar-refractivity contribution in [1.29, 1.82) is 0 Å². The third-order valence-electron chi connectivity index (χ3n) is 4.76. The summed E-state index contributed by atoms with van der Waals surface area (Å²) >= 11 is 0. The fourth-order valence-corrected chi connectivity index (χ4v) is 3.13. The van der Waals surface area contributed by atoms with E-state index in [1.165, 1.54) is 28.8 Å². The summed E-state index contributed by atoms with van der Waals surface area (Å²) in [4.78, 5) is 21.5. The number of hydrogen-bond acceptors (Lipinski definition) is 4. The van der Waals surface area contributed by atoms with Gasteiger partial charge in [0.05, 0.1) is 17.6 Å². The summed E-state index contributed by atoms with van der Waals surface area (Å²) in [5.74, 6) is 5.17. The molecule has 3 rings (SSSR count). The largest absolute Gasteiger partial charge is 0.307 e. The van der Waals surface area contributed by atoms with E-state index < -0.39 is 17.2 Å². The van der Waals surface area contributed by atoms with Crippen LogP contribution in [0.5, 0.6) is 0 Å². The van der Waals surface area contributed by atoms with Crippen molar-refractivity contribution >= 4 is 16.6 Å². The summed E-state index contributed by atoms with van der Waals surface area (Å²) < 4.78 is 28.7. The van der Waals surface area contributed by atoms with Crippen LogP contribution in [0.1, 0.15) is 36.5 Å². The summed E-state index contributed by atoms with van der Waals surface area (Å²) in [5, 5.41) is 3.46. The van der Waals surface area contributed by atoms with Crippen molar-refractivity contribution in [2.45, 2.75) is 26.3 Å². The lowest BCUT2D eigenvalue weighted by molar-refractivity contribution is 0.541. The number of allylic oxidation sites excluding steroid dienone is 2. The number of benzene rings is 1. The molecule has 1 N–H and O–H groups in total. The third-order valence-corrected chi connectivity index (χ3v) is 4.76. The van der Waals surface area contributed by atoms with Gasteiger partial charge < -0.3 is 5.32 Å². The first kappa shape index (κ1) is 22.1. The van der Waals surface area contributed by atoms with Crippen LogP contribution in [0.15, 0.2) is 54.5 Å². The van der Waals surface area contributed by atoms with Crippen molar-refractivity contribution in [2.75, 3.05) is 6.54 Å². The Balaban J connectivity index is 1.86. The van der Waals surface area contributed by atoms with Gasteiger partial charge in [0.25, 0.3) is 5.56 Å². The SMILES string of the molecule is C=CC(=C)n1c(C(C)NCCC#Cc2ccc(F)cn2)nc2c(F)ccc(C)c2c1=O. The Bertz CT molecular complexity index is 1270. The second kappa shape index (κ2) is 9.45. The Morgan fingerprint density at radius 3 is 2.77 bits per heavy atom. The van der Waals surface area contributed by atoms with E-state index in [9.17, 15) is 13.6 Å². The molecule has 0 bridgehead atoms. The van der Waals surface area contributed by atoms with Crippen LogP contribution >= 0.6 is 0 Å². The average Bonchev–Trinajstić information content (AvgIpc) is 2.76. The molecule has 158 valence electrons. The van der Waals surface area contributed by atoms with Gasteiger partial charge in [0.1, 0.15) is 28.7 Å². The average molecular weight is 420 g/mol. The molecule has 0 fully saturated rings. The lowest BCUT2D eigenvalue weighted by Gasteiger charge is -2.20. The predicted molar refractivity (Wildman–Crippen MR) is 118 cm³/mol. The zero-order valence-electron chi connectivity index (χ0n) is 17.4. The molecule has 0 saturated carbocycles. The van der Waals surface area contributed by atoms with Crippen LogP contribution in [-0.4, -0.2) is 21.1 Å². The summed E-state index contributed by atoms with van der Waals surface area (Å²) in [5.41, 5.74) is 1.11. The maximum absolute atomic E-state index is 14.4. The highest BCUT2D eigenvalue weighted by Gasteiger charge is 2.20. The van der Waals surface area contributed by atoms with Crippen LogP contribution in [0.3, 0.4) is 0 Å². The summed E-state index contributed by atoms with van der Waals surface area (Å²) in [7, 11) is 0. The van der Waals surface area contributed by atoms with Crippen LogP contribution < -0.4 is 10.9 Å². The van der Waals surface area contributed by atoms with E-state index in [1.54, 1.807) is 13.0 Å². The molecule has 7 heteroatoms. The molecular weight excluding hydrogens is 398 g/mol. The smallest absolute Gasteiger partial charge is 0.266 e. The molecule has 0 saturated heterocycles. The molecule has 1 unspecified atom stereocenters. The molecule has 5 nitrogen and oxygen atoms in total. The monoisotopic (exact) mass is 420 g/mol. The summed E-state index contributed by atoms with van der Waals surface area (Å²) in [6.45, 7) is 11.6. The van der Waals surface area contributed by atoms with E-state index in [0.29, 0.717) is 35.7 Å². The van der Waals surface area contributed by atoms with Gasteiger partial charge in [-0.25, -0.2) is 18.7 Å². The number of pyridine rings is 1. The van der Waals surface area contributed by atoms with E-state index in [2.05, 4.69) is 40.3 Å². The van der Waals surface area contributed by atoms with E-state index in [0.717, 1.165) is 6.20 Å². The van der Waals surface area contributed by atoms with Crippen molar-refractivity contribution in [3.63, 3.8) is 0 Å². The minimum atomic E-state index is -0.555. The minimum Gasteiger partial charge on any atom is -0.307 e. The molecule has 0 amide bonds. The molecule has 3 aromatic rings. The molecule has 1 aromatic carbocycles. The standard InChI is InChI=1S/C24H22F2N4O/c1-5-16(3)30-23(29-22-20(26)12-9-15(2)21(22)24(30)31)17(4)27-13-7-6-8-19-11-10-18(25)14-28-19/h5,9-12,14,17,27H,1,3,7,13H2,2,4H3. The van der Waals surface area contributed by atoms with Gasteiger partial charge in [0.15, 0.2) is 0 Å². The van der Waals surface area contributed by atoms with Gasteiger partial charge >= 0.3 is 0 Å². The van der Waals surface area contributed by atoms with Gasteiger partial charge in [-0.3, -0.25) is 9.36 Å². The van der Waals surface area contributed by atoms with E-state index in [4.69, 9.17) is 0 Å². The first-order chi connectivity index (χ1) is 14.8. The number of nitrogens with zero attached hydrogens (tertiary/aromatic N) is 3. The van der Waals surface area contributed by atoms with Crippen LogP contribution in [0.4, 0.5) is 8.78 Å². The number of nitrogens with one attached hydrogen (secondary N) is 1. The topological polar surface area (TPSA) is 59.8 Å². The molecule has 0 radical (unpaired) electrons. The van der Waals surface area contributed by atoms with Gasteiger partial charge in [0.2, 0.25) is 0 Å². The minimum absolute atomic E-state index is 0.0314. The Morgan fingerprint density at radius 2 is 2.10 bits per heavy atom. The highest BCUT2D eigenvalue weighted by molar-refractivity contribution is 5.82. The van der Waals surface area contributed by atoms with Gasteiger partial charge in [0, 0.05) is 18.7 Å². The predicted octanol–water partition coefficient (Wildman–Crippen LogP) is 4.13. The molecule has 0 aliphatic carbocycles. The van der Waals surface area contributed by atoms with Crippen LogP contribution in [-0.2, 0) is 0 Å². The van der Waals surface area contributed by atoms with Gasteiger partial charge in [-0.05, 0) is 49.6 Å². The molecule has 0 aliphatic heterocycles. The fourth-order valence-electron chi connectivity index (χ4n) is 3.13. The molecular formula is C24H22F2N4O. The lowest BCUT2D eigenvalue weighted by Crippen LogP contribution is -2.31. The van der Waals surface area contributed by atoms with Crippen molar-refractivity contribution in [3.05, 3.63) is 88.8 Å². The Hall–Kier alpha value is -3.63. The van der Waals surface area contributed by atoms with Gasteiger partial charge in [-0.15, -0.1) is 0 Å². The van der Waals surface area contributed by atoms with E-state index in [1.807, 2.05) is 6.92 Å². The summed E-state index contributed by atoms with van der Waals surface area (Å²) in [6.07, 6.45) is 3.06. The highest BCUT2D eigenvalue weighted by Crippen LogP contribution is 2.21. The van der Waals surface area contributed by atoms with Gasteiger partial charge in [-0.2, -0.15) is 0 Å². The zero-order valence-corrected chi connectivity index (χ0v) is 17.4. The number of halogens is 2. The first-order valence-corrected chi connectivity index (χ1v) is 9.70. The number of rotatable bonds is 6. The summed E-state index contributed by atoms with van der Waals surface area (Å²) in [6, 6.07) is 5.28. The van der Waals surface area contributed by atoms with Gasteiger partial charge in [-0.1, -0.05) is 25.1 Å². The normalized spacial score (nSPS) is 11.6. The van der Waals surface area contributed by atoms with Crippen LogP contribution in [0.2, 0.25) is 0 Å². The Morgan fingerprint density at radius 1 is 1.32 bits per heavy atom. The number of aryl methyl sites for hydroxylation is 1. The molecule has 0 aliphatic rings. The number of aromatic nitrogens is 3. The molecule has 0 spiro atoms. The molecule has 1 atom stereocenters. The molecule has 31 heavy (non-hydrogen) atoms. The zero-order chi connectivity index (χ0) is 22.5. The maximum Gasteiger partial charge on any atom is 0.266 e. The quantitative estimate of drug-likeness (QED) is 0.370. The third kappa shape index (κ3) is 4.76. The number of fused-ring (bicyclic) bond motifs is 1.